The number of alkyl halides is 3. The van der Waals surface area contributed by atoms with E-state index in [1.807, 2.05) is 0 Å². The van der Waals surface area contributed by atoms with Crippen LogP contribution in [0.4, 0.5) is 13.2 Å². The van der Waals surface area contributed by atoms with Crippen LogP contribution in [0.15, 0.2) is 88.0 Å². The smallest absolute Gasteiger partial charge is 0.381 e. The molecule has 1 heterocycles. The molecule has 1 atom stereocenters. The summed E-state index contributed by atoms with van der Waals surface area (Å²) in [6.07, 6.45) is -4.98. The van der Waals surface area contributed by atoms with Gasteiger partial charge in [0.2, 0.25) is 0 Å². The second-order valence-corrected chi connectivity index (χ2v) is 13.4. The third-order valence-electron chi connectivity index (χ3n) is 5.56. The van der Waals surface area contributed by atoms with Crippen molar-refractivity contribution in [1.82, 2.24) is 3.71 Å². The lowest BCUT2D eigenvalue weighted by atomic mass is 10.2. The van der Waals surface area contributed by atoms with Gasteiger partial charge in [0.05, 0.1) is 9.79 Å². The Labute approximate surface area is 231 Å². The molecular weight excluding hydrogens is 575 g/mol. The van der Waals surface area contributed by atoms with Gasteiger partial charge in [-0.25, -0.2) is 16.8 Å². The van der Waals surface area contributed by atoms with E-state index in [1.54, 1.807) is 23.6 Å². The summed E-state index contributed by atoms with van der Waals surface area (Å²) in [5.74, 6) is 0. The molecule has 0 saturated heterocycles. The number of thiophene rings is 1. The van der Waals surface area contributed by atoms with Gasteiger partial charge in [0.25, 0.3) is 20.0 Å². The molecule has 1 aromatic heterocycles. The Morgan fingerprint density at radius 3 is 1.72 bits per heavy atom. The lowest BCUT2D eigenvalue weighted by Crippen LogP contribution is -2.37. The first-order valence-corrected chi connectivity index (χ1v) is 16.0. The van der Waals surface area contributed by atoms with Crippen molar-refractivity contribution in [3.63, 3.8) is 0 Å². The van der Waals surface area contributed by atoms with E-state index in [0.29, 0.717) is 23.0 Å². The van der Waals surface area contributed by atoms with Gasteiger partial charge in [0.1, 0.15) is 0 Å². The van der Waals surface area contributed by atoms with Gasteiger partial charge in [-0.1, -0.05) is 46.2 Å². The van der Waals surface area contributed by atoms with E-state index in [4.69, 9.17) is 9.47 Å². The molecule has 3 aromatic rings. The first-order valence-electron chi connectivity index (χ1n) is 12.2. The maximum absolute atomic E-state index is 13.2. The molecule has 1 unspecified atom stereocenters. The van der Waals surface area contributed by atoms with Crippen LogP contribution in [0, 0.1) is 0 Å². The summed E-state index contributed by atoms with van der Waals surface area (Å²) < 4.78 is 104. The number of hydrogen-bond acceptors (Lipinski definition) is 7. The van der Waals surface area contributed by atoms with Crippen LogP contribution in [0.5, 0.6) is 0 Å². The van der Waals surface area contributed by atoms with E-state index in [-0.39, 0.29) is 47.5 Å². The van der Waals surface area contributed by atoms with Gasteiger partial charge in [0.15, 0.2) is 6.10 Å². The van der Waals surface area contributed by atoms with Crippen LogP contribution in [-0.4, -0.2) is 53.1 Å². The summed E-state index contributed by atoms with van der Waals surface area (Å²) >= 11 is 0.991. The van der Waals surface area contributed by atoms with Crippen molar-refractivity contribution >= 4 is 31.4 Å². The molecule has 0 bridgehead atoms. The highest BCUT2D eigenvalue weighted by atomic mass is 32.3. The van der Waals surface area contributed by atoms with Gasteiger partial charge in [0, 0.05) is 31.2 Å². The van der Waals surface area contributed by atoms with Crippen LogP contribution in [0.1, 0.15) is 36.7 Å². The zero-order valence-corrected chi connectivity index (χ0v) is 23.4. The number of sulfonamides is 2. The maximum atomic E-state index is 13.2. The highest BCUT2D eigenvalue weighted by molar-refractivity contribution is 8.04. The summed E-state index contributed by atoms with van der Waals surface area (Å²) in [6, 6.07) is 17.6. The predicted octanol–water partition coefficient (Wildman–Crippen LogP) is 6.02. The highest BCUT2D eigenvalue weighted by Gasteiger charge is 2.42. The SMILES string of the molecule is O=S(=O)(c1ccccc1)N(CCCCOCCCCOC(c1cccs1)C(F)(F)F)S(=O)(=O)c1ccccc1. The number of ether oxygens (including phenoxy) is 2. The normalized spacial score (nSPS) is 13.5. The Bertz CT molecular complexity index is 1270. The fraction of sp³-hybridized carbons (Fsp3) is 0.385. The Balaban J connectivity index is 1.46. The van der Waals surface area contributed by atoms with Crippen molar-refractivity contribution in [2.75, 3.05) is 26.4 Å². The molecule has 0 aliphatic rings. The largest absolute Gasteiger partial charge is 0.419 e. The third kappa shape index (κ3) is 8.85. The molecule has 0 saturated carbocycles. The molecular formula is C26H30F3NO6S3. The Morgan fingerprint density at radius 1 is 0.718 bits per heavy atom. The van der Waals surface area contributed by atoms with Crippen LogP contribution < -0.4 is 0 Å². The van der Waals surface area contributed by atoms with Crippen molar-refractivity contribution in [3.8, 4) is 0 Å². The fourth-order valence-electron chi connectivity index (χ4n) is 3.62. The lowest BCUT2D eigenvalue weighted by molar-refractivity contribution is -0.223. The number of halogens is 3. The summed E-state index contributed by atoms with van der Waals surface area (Å²) in [7, 11) is -8.67. The van der Waals surface area contributed by atoms with E-state index >= 15 is 0 Å². The third-order valence-corrected chi connectivity index (χ3v) is 10.8. The van der Waals surface area contributed by atoms with E-state index in [2.05, 4.69) is 0 Å². The van der Waals surface area contributed by atoms with Gasteiger partial charge in [-0.15, -0.1) is 11.3 Å². The Morgan fingerprint density at radius 2 is 1.23 bits per heavy atom. The number of nitrogens with zero attached hydrogens (tertiary/aromatic N) is 1. The van der Waals surface area contributed by atoms with E-state index in [9.17, 15) is 30.0 Å². The van der Waals surface area contributed by atoms with Gasteiger partial charge in [-0.3, -0.25) is 0 Å². The monoisotopic (exact) mass is 605 g/mol. The molecule has 0 aliphatic carbocycles. The highest BCUT2D eigenvalue weighted by Crippen LogP contribution is 2.38. The molecule has 2 aromatic carbocycles. The molecule has 39 heavy (non-hydrogen) atoms. The van der Waals surface area contributed by atoms with Crippen molar-refractivity contribution in [1.29, 1.82) is 0 Å². The van der Waals surface area contributed by atoms with Crippen LogP contribution in [0.2, 0.25) is 0 Å². The molecule has 0 fully saturated rings. The Kier molecular flexibility index (Phi) is 11.5. The van der Waals surface area contributed by atoms with Crippen molar-refractivity contribution in [2.24, 2.45) is 0 Å². The Hall–Kier alpha value is -2.29. The van der Waals surface area contributed by atoms with Gasteiger partial charge >= 0.3 is 6.18 Å². The van der Waals surface area contributed by atoms with Gasteiger partial charge < -0.3 is 9.47 Å². The molecule has 0 amide bonds. The van der Waals surface area contributed by atoms with E-state index in [1.165, 1.54) is 54.6 Å². The molecule has 3 rings (SSSR count). The summed E-state index contributed by atoms with van der Waals surface area (Å²) in [4.78, 5) is -0.152. The predicted molar refractivity (Wildman–Crippen MR) is 142 cm³/mol. The summed E-state index contributed by atoms with van der Waals surface area (Å²) in [5.41, 5.74) is 0. The standard InChI is InChI=1S/C26H30F3NO6S3/c27-26(28,29)25(24-16-11-21-37-24)36-20-10-9-19-35-18-8-7-17-30(38(31,32)22-12-3-1-4-13-22)39(33,34)23-14-5-2-6-15-23/h1-6,11-16,21,25H,7-10,17-20H2. The molecule has 0 N–H and O–H groups in total. The number of benzene rings is 2. The second-order valence-electron chi connectivity index (χ2n) is 8.47. The minimum absolute atomic E-state index is 0.0743. The average molecular weight is 606 g/mol. The zero-order chi connectivity index (χ0) is 28.4. The topological polar surface area (TPSA) is 90.0 Å². The molecule has 0 spiro atoms. The average Bonchev–Trinajstić information content (AvgIpc) is 3.43. The summed E-state index contributed by atoms with van der Waals surface area (Å²) in [5, 5.41) is 1.57. The number of unbranched alkanes of at least 4 members (excludes halogenated alkanes) is 2. The van der Waals surface area contributed by atoms with Crippen LogP contribution in [0.25, 0.3) is 0 Å². The van der Waals surface area contributed by atoms with Crippen molar-refractivity contribution < 1.29 is 39.5 Å². The quantitative estimate of drug-likeness (QED) is 0.186. The summed E-state index contributed by atoms with van der Waals surface area (Å²) in [6.45, 7) is 0.182. The fourth-order valence-corrected chi connectivity index (χ4v) is 8.18. The van der Waals surface area contributed by atoms with Gasteiger partial charge in [-0.05, 0) is 61.4 Å². The first-order chi connectivity index (χ1) is 18.5. The van der Waals surface area contributed by atoms with Crippen LogP contribution in [0.3, 0.4) is 0 Å². The van der Waals surface area contributed by atoms with Crippen molar-refractivity contribution in [3.05, 3.63) is 83.1 Å². The molecule has 0 aliphatic heterocycles. The zero-order valence-electron chi connectivity index (χ0n) is 21.0. The lowest BCUT2D eigenvalue weighted by Gasteiger charge is -2.22. The van der Waals surface area contributed by atoms with Crippen LogP contribution in [-0.2, 0) is 29.5 Å². The van der Waals surface area contributed by atoms with E-state index < -0.39 is 32.3 Å². The van der Waals surface area contributed by atoms with Gasteiger partial charge in [-0.2, -0.15) is 13.2 Å². The molecule has 7 nitrogen and oxygen atoms in total. The molecule has 13 heteroatoms. The minimum Gasteiger partial charge on any atom is -0.381 e. The molecule has 214 valence electrons. The van der Waals surface area contributed by atoms with E-state index in [0.717, 1.165) is 11.3 Å². The van der Waals surface area contributed by atoms with Crippen LogP contribution >= 0.6 is 11.3 Å². The maximum Gasteiger partial charge on any atom is 0.419 e. The molecule has 0 radical (unpaired) electrons. The second kappa shape index (κ2) is 14.4. The number of rotatable bonds is 16. The van der Waals surface area contributed by atoms with Crippen molar-refractivity contribution in [2.45, 2.75) is 47.8 Å². The first kappa shape index (κ1) is 31.2. The number of hydrogen-bond donors (Lipinski definition) is 0. The minimum atomic E-state index is -4.49.